The van der Waals surface area contributed by atoms with Crippen molar-refractivity contribution in [3.05, 3.63) is 0 Å². The lowest BCUT2D eigenvalue weighted by Crippen LogP contribution is -2.16. The lowest BCUT2D eigenvalue weighted by molar-refractivity contribution is 0.233. The lowest BCUT2D eigenvalue weighted by atomic mass is 9.78. The molecular formula is C75H162. The molecule has 3 aliphatic rings. The molecule has 0 saturated heterocycles. The van der Waals surface area contributed by atoms with Crippen molar-refractivity contribution in [3.63, 3.8) is 0 Å². The Morgan fingerprint density at radius 3 is 0.680 bits per heavy atom. The molecule has 3 saturated carbocycles. The molecule has 0 N–H and O–H groups in total. The standard InChI is InChI=1S/2C11H22.C9H20.C8H16.3C8H18.C7H16.C5H12/c2*1-11(2,3)9-10-7-5-4-6-8-10;1-8(2,3)7-9(4,5)6;1-8(2,3)6-7-4-5-7;1-7(2)6-8(3,4)5;1-6-7(2)8(3,4)5;1-5-6-7-8(2,3)4;1-5-6-7(2,3)4;1-5(2,3)4/h2*10H,4-9H2,1-3H3;7H2,1-6H3;7H,4-6H2,1-3H3;2*7H,6H2,1-5H3;5-7H2,1-4H3;5-6H2,1-4H3;1-4H3. The van der Waals surface area contributed by atoms with Crippen molar-refractivity contribution >= 4 is 0 Å². The minimum absolute atomic E-state index is 0.484. The van der Waals surface area contributed by atoms with Gasteiger partial charge in [-0.15, -0.1) is 0 Å². The van der Waals surface area contributed by atoms with Gasteiger partial charge in [0.1, 0.15) is 0 Å². The van der Waals surface area contributed by atoms with E-state index in [1.807, 2.05) is 0 Å². The topological polar surface area (TPSA) is 0 Å². The first-order valence-corrected chi connectivity index (χ1v) is 33.0. The van der Waals surface area contributed by atoms with E-state index in [0.717, 1.165) is 29.6 Å². The van der Waals surface area contributed by atoms with E-state index in [4.69, 9.17) is 0 Å². The normalized spacial score (nSPS) is 16.7. The summed E-state index contributed by atoms with van der Waals surface area (Å²) in [4.78, 5) is 0. The van der Waals surface area contributed by atoms with E-state index in [-0.39, 0.29) is 0 Å². The van der Waals surface area contributed by atoms with Crippen molar-refractivity contribution in [1.29, 1.82) is 0 Å². The Kier molecular flexibility index (Phi) is 47.2. The Morgan fingerprint density at radius 2 is 0.600 bits per heavy atom. The van der Waals surface area contributed by atoms with Crippen LogP contribution >= 0.6 is 0 Å². The zero-order chi connectivity index (χ0) is 61.2. The zero-order valence-electron chi connectivity index (χ0n) is 61.2. The molecule has 0 heterocycles. The van der Waals surface area contributed by atoms with Gasteiger partial charge in [0.2, 0.25) is 0 Å². The molecule has 0 aromatic rings. The van der Waals surface area contributed by atoms with Crippen molar-refractivity contribution in [3.8, 4) is 0 Å². The smallest absolute Gasteiger partial charge is 0.0357 e. The minimum Gasteiger partial charge on any atom is -0.0654 e. The van der Waals surface area contributed by atoms with Crippen LogP contribution < -0.4 is 0 Å². The molecule has 0 aromatic carbocycles. The van der Waals surface area contributed by atoms with E-state index >= 15 is 0 Å². The quantitative estimate of drug-likeness (QED) is 0.227. The summed E-state index contributed by atoms with van der Waals surface area (Å²) >= 11 is 0. The SMILES string of the molecule is CC(C)(C)C.CC(C)(C)CC(C)(C)C.CC(C)(C)CC1CC1.CC(C)(C)CC1CCCCC1.CC(C)(C)CC1CCCCC1.CC(C)CC(C)(C)C.CCC(C)C(C)(C)C.CCCC(C)(C)C.CCCCC(C)(C)C. The van der Waals surface area contributed by atoms with Gasteiger partial charge >= 0.3 is 0 Å². The predicted molar refractivity (Wildman–Crippen MR) is 358 cm³/mol. The van der Waals surface area contributed by atoms with Gasteiger partial charge in [0, 0.05) is 0 Å². The maximum absolute atomic E-state index is 2.36. The molecule has 0 bridgehead atoms. The van der Waals surface area contributed by atoms with Gasteiger partial charge in [0.15, 0.2) is 0 Å². The fraction of sp³-hybridized carbons (Fsp3) is 1.00. The summed E-state index contributed by atoms with van der Waals surface area (Å²) in [5, 5.41) is 0. The van der Waals surface area contributed by atoms with E-state index in [9.17, 15) is 0 Å². The molecule has 462 valence electrons. The lowest BCUT2D eigenvalue weighted by Gasteiger charge is -2.28. The number of hydrogen-bond acceptors (Lipinski definition) is 0. The van der Waals surface area contributed by atoms with Crippen LogP contribution in [0.15, 0.2) is 0 Å². The van der Waals surface area contributed by atoms with Crippen molar-refractivity contribution < 1.29 is 0 Å². The molecule has 1 atom stereocenters. The summed E-state index contributed by atoms with van der Waals surface area (Å²) in [6.07, 6.45) is 32.9. The maximum atomic E-state index is 2.36. The summed E-state index contributed by atoms with van der Waals surface area (Å²) in [6, 6.07) is 0. The van der Waals surface area contributed by atoms with E-state index < -0.39 is 0 Å². The number of unbranched alkanes of at least 4 members (excludes halogenated alkanes) is 1. The van der Waals surface area contributed by atoms with E-state index in [2.05, 4.69) is 256 Å². The Morgan fingerprint density at radius 1 is 0.320 bits per heavy atom. The van der Waals surface area contributed by atoms with E-state index in [1.165, 1.54) is 148 Å². The van der Waals surface area contributed by atoms with Crippen LogP contribution in [0.1, 0.15) is 404 Å². The second kappa shape index (κ2) is 41.1. The Labute approximate surface area is 485 Å². The summed E-state index contributed by atoms with van der Waals surface area (Å²) < 4.78 is 0. The van der Waals surface area contributed by atoms with Crippen LogP contribution in [-0.4, -0.2) is 0 Å². The van der Waals surface area contributed by atoms with Crippen LogP contribution in [0.25, 0.3) is 0 Å². The second-order valence-electron chi connectivity index (χ2n) is 37.9. The van der Waals surface area contributed by atoms with Crippen LogP contribution in [-0.2, 0) is 0 Å². The molecule has 0 radical (unpaired) electrons. The largest absolute Gasteiger partial charge is 0.0654 e. The van der Waals surface area contributed by atoms with Gasteiger partial charge in [-0.25, -0.2) is 0 Å². The average Bonchev–Trinajstić information content (AvgIpc) is 3.93. The molecular weight excluding hydrogens is 901 g/mol. The molecule has 0 aromatic heterocycles. The monoisotopic (exact) mass is 1060 g/mol. The van der Waals surface area contributed by atoms with E-state index in [1.54, 1.807) is 0 Å². The van der Waals surface area contributed by atoms with Crippen molar-refractivity contribution in [2.45, 2.75) is 404 Å². The number of rotatable bonds is 8. The Bertz CT molecular complexity index is 1120. The first kappa shape index (κ1) is 86.3. The van der Waals surface area contributed by atoms with Gasteiger partial charge in [-0.2, -0.15) is 0 Å². The molecule has 1 unspecified atom stereocenters. The molecule has 0 nitrogen and oxygen atoms in total. The molecule has 3 aliphatic carbocycles. The predicted octanol–water partition coefficient (Wildman–Crippen LogP) is 28.6. The van der Waals surface area contributed by atoms with Crippen LogP contribution in [0.4, 0.5) is 0 Å². The molecule has 75 heavy (non-hydrogen) atoms. The molecule has 3 rings (SSSR count). The summed E-state index contributed by atoms with van der Waals surface area (Å²) in [7, 11) is 0. The Balaban J connectivity index is -0.000000180. The summed E-state index contributed by atoms with van der Waals surface area (Å²) in [6.45, 7) is 84.6. The third-order valence-electron chi connectivity index (χ3n) is 13.3. The molecule has 3 fully saturated rings. The molecule has 0 aliphatic heterocycles. The maximum Gasteiger partial charge on any atom is -0.0357 e. The third kappa shape index (κ3) is 99.8. The number of hydrogen-bond donors (Lipinski definition) is 0. The van der Waals surface area contributed by atoms with Crippen LogP contribution in [0, 0.1) is 83.7 Å². The minimum atomic E-state index is 0.484. The van der Waals surface area contributed by atoms with Gasteiger partial charge in [-0.05, 0) is 129 Å². The Hall–Kier alpha value is 0. The van der Waals surface area contributed by atoms with Gasteiger partial charge in [0.25, 0.3) is 0 Å². The first-order chi connectivity index (χ1) is 33.0. The zero-order valence-corrected chi connectivity index (χ0v) is 61.2. The summed E-state index contributed by atoms with van der Waals surface area (Å²) in [5.41, 5.74) is 5.30. The highest BCUT2D eigenvalue weighted by atomic mass is 14.3. The van der Waals surface area contributed by atoms with Crippen LogP contribution in [0.3, 0.4) is 0 Å². The van der Waals surface area contributed by atoms with Gasteiger partial charge in [-0.3, -0.25) is 0 Å². The van der Waals surface area contributed by atoms with Gasteiger partial charge in [0.05, 0.1) is 0 Å². The van der Waals surface area contributed by atoms with Gasteiger partial charge in [-0.1, -0.05) is 359 Å². The highest BCUT2D eigenvalue weighted by Crippen LogP contribution is 2.40. The highest BCUT2D eigenvalue weighted by molar-refractivity contribution is 4.79. The highest BCUT2D eigenvalue weighted by Gasteiger charge is 2.27. The molecule has 0 amide bonds. The van der Waals surface area contributed by atoms with Crippen molar-refractivity contribution in [1.82, 2.24) is 0 Å². The van der Waals surface area contributed by atoms with Gasteiger partial charge < -0.3 is 0 Å². The average molecular weight is 1060 g/mol. The fourth-order valence-corrected chi connectivity index (χ4v) is 10.6. The van der Waals surface area contributed by atoms with E-state index in [0.29, 0.717) is 54.1 Å². The second-order valence-corrected chi connectivity index (χ2v) is 37.9. The fourth-order valence-electron chi connectivity index (χ4n) is 10.6. The molecule has 0 spiro atoms. The van der Waals surface area contributed by atoms with Crippen LogP contribution in [0.2, 0.25) is 0 Å². The third-order valence-corrected chi connectivity index (χ3v) is 13.3. The molecule has 0 heteroatoms. The first-order valence-electron chi connectivity index (χ1n) is 33.0. The summed E-state index contributed by atoms with van der Waals surface area (Å²) in [5.74, 6) is 4.88. The van der Waals surface area contributed by atoms with Crippen molar-refractivity contribution in [2.75, 3.05) is 0 Å². The van der Waals surface area contributed by atoms with Crippen molar-refractivity contribution in [2.24, 2.45) is 83.7 Å². The van der Waals surface area contributed by atoms with Crippen LogP contribution in [0.5, 0.6) is 0 Å².